The highest BCUT2D eigenvalue weighted by Crippen LogP contribution is 2.16. The fraction of sp³-hybridized carbons (Fsp3) is 0.974. The normalized spacial score (nSPS) is 12.3. The van der Waals surface area contributed by atoms with Crippen LogP contribution in [0.25, 0.3) is 0 Å². The van der Waals surface area contributed by atoms with Gasteiger partial charge in [0, 0.05) is 19.6 Å². The van der Waals surface area contributed by atoms with Crippen LogP contribution >= 0.6 is 0 Å². The molecular weight excluding hydrogens is 546 g/mol. The minimum absolute atomic E-state index is 0.0159. The van der Waals surface area contributed by atoms with Crippen LogP contribution in [-0.4, -0.2) is 61.5 Å². The second-order valence-electron chi connectivity index (χ2n) is 13.4. The van der Waals surface area contributed by atoms with E-state index in [-0.39, 0.29) is 12.6 Å². The number of aliphatic hydroxyl groups is 1. The standard InChI is InChI=1S/C39H79NO4/c1-4-7-9-11-14-22-28-37-44-39(42)31-24-18-16-20-26-33-40(34-35-41)32-25-19-13-15-21-27-36-43-38(29-6-3)30-23-17-12-10-8-5-2/h38,41H,4-37H2,1-3H3. The molecule has 0 amide bonds. The first kappa shape index (κ1) is 43.4. The third-order valence-electron chi connectivity index (χ3n) is 8.99. The number of nitrogens with zero attached hydrogens (tertiary/aromatic N) is 1. The summed E-state index contributed by atoms with van der Waals surface area (Å²) < 4.78 is 11.7. The van der Waals surface area contributed by atoms with Crippen molar-refractivity contribution in [3.63, 3.8) is 0 Å². The predicted molar refractivity (Wildman–Crippen MR) is 191 cm³/mol. The quantitative estimate of drug-likeness (QED) is 0.0550. The molecule has 264 valence electrons. The van der Waals surface area contributed by atoms with Gasteiger partial charge in [-0.3, -0.25) is 4.79 Å². The second kappa shape index (κ2) is 36.8. The van der Waals surface area contributed by atoms with Gasteiger partial charge >= 0.3 is 5.97 Å². The number of hydrogen-bond donors (Lipinski definition) is 1. The van der Waals surface area contributed by atoms with Gasteiger partial charge in [0.2, 0.25) is 0 Å². The number of unbranched alkanes of at least 4 members (excludes halogenated alkanes) is 20. The smallest absolute Gasteiger partial charge is 0.305 e. The van der Waals surface area contributed by atoms with Crippen molar-refractivity contribution in [1.29, 1.82) is 0 Å². The van der Waals surface area contributed by atoms with E-state index < -0.39 is 0 Å². The van der Waals surface area contributed by atoms with E-state index in [2.05, 4.69) is 25.7 Å². The Kier molecular flexibility index (Phi) is 36.3. The zero-order valence-electron chi connectivity index (χ0n) is 30.2. The van der Waals surface area contributed by atoms with Crippen LogP contribution in [0.5, 0.6) is 0 Å². The van der Waals surface area contributed by atoms with Crippen molar-refractivity contribution in [3.8, 4) is 0 Å². The van der Waals surface area contributed by atoms with Crippen molar-refractivity contribution >= 4 is 5.97 Å². The number of carbonyl (C=O) groups is 1. The van der Waals surface area contributed by atoms with Gasteiger partial charge in [-0.15, -0.1) is 0 Å². The van der Waals surface area contributed by atoms with Crippen LogP contribution in [0.4, 0.5) is 0 Å². The van der Waals surface area contributed by atoms with Crippen molar-refractivity contribution in [2.45, 2.75) is 207 Å². The highest BCUT2D eigenvalue weighted by molar-refractivity contribution is 5.69. The minimum atomic E-state index is -0.0159. The molecule has 0 aliphatic carbocycles. The van der Waals surface area contributed by atoms with E-state index >= 15 is 0 Å². The third kappa shape index (κ3) is 32.7. The van der Waals surface area contributed by atoms with Crippen LogP contribution in [0.2, 0.25) is 0 Å². The van der Waals surface area contributed by atoms with Crippen molar-refractivity contribution in [2.75, 3.05) is 39.5 Å². The van der Waals surface area contributed by atoms with Crippen LogP contribution < -0.4 is 0 Å². The van der Waals surface area contributed by atoms with Crippen LogP contribution in [0.1, 0.15) is 201 Å². The second-order valence-corrected chi connectivity index (χ2v) is 13.4. The number of carbonyl (C=O) groups excluding carboxylic acids is 1. The summed E-state index contributed by atoms with van der Waals surface area (Å²) in [5.41, 5.74) is 0. The number of ether oxygens (including phenoxy) is 2. The van der Waals surface area contributed by atoms with Crippen molar-refractivity contribution in [2.24, 2.45) is 0 Å². The molecule has 0 saturated heterocycles. The summed E-state index contributed by atoms with van der Waals surface area (Å²) in [6.07, 6.45) is 34.9. The number of esters is 1. The first-order valence-electron chi connectivity index (χ1n) is 19.8. The van der Waals surface area contributed by atoms with Gasteiger partial charge in [-0.25, -0.2) is 0 Å². The van der Waals surface area contributed by atoms with Gasteiger partial charge in [-0.2, -0.15) is 0 Å². The van der Waals surface area contributed by atoms with Crippen LogP contribution in [0.15, 0.2) is 0 Å². The molecule has 0 aromatic heterocycles. The lowest BCUT2D eigenvalue weighted by molar-refractivity contribution is -0.143. The summed E-state index contributed by atoms with van der Waals surface area (Å²) in [5.74, 6) is -0.0159. The lowest BCUT2D eigenvalue weighted by Crippen LogP contribution is -2.29. The number of aliphatic hydroxyl groups excluding tert-OH is 1. The average molecular weight is 626 g/mol. The summed E-state index contributed by atoms with van der Waals surface area (Å²) in [6, 6.07) is 0. The molecule has 0 aliphatic heterocycles. The summed E-state index contributed by atoms with van der Waals surface area (Å²) in [6.45, 7) is 11.6. The fourth-order valence-corrected chi connectivity index (χ4v) is 6.11. The van der Waals surface area contributed by atoms with E-state index in [1.165, 1.54) is 154 Å². The molecule has 1 atom stereocenters. The maximum atomic E-state index is 11.9. The monoisotopic (exact) mass is 626 g/mol. The lowest BCUT2D eigenvalue weighted by atomic mass is 10.0. The zero-order chi connectivity index (χ0) is 32.2. The number of rotatable bonds is 37. The van der Waals surface area contributed by atoms with Gasteiger partial charge in [0.15, 0.2) is 0 Å². The van der Waals surface area contributed by atoms with Crippen molar-refractivity contribution in [1.82, 2.24) is 4.90 Å². The highest BCUT2D eigenvalue weighted by atomic mass is 16.5. The molecule has 1 unspecified atom stereocenters. The predicted octanol–water partition coefficient (Wildman–Crippen LogP) is 11.2. The Labute approximate surface area is 276 Å². The van der Waals surface area contributed by atoms with E-state index in [4.69, 9.17) is 9.47 Å². The Balaban J connectivity index is 3.64. The highest BCUT2D eigenvalue weighted by Gasteiger charge is 2.08. The van der Waals surface area contributed by atoms with Crippen LogP contribution in [0, 0.1) is 0 Å². The first-order chi connectivity index (χ1) is 21.7. The van der Waals surface area contributed by atoms with Gasteiger partial charge in [-0.05, 0) is 58.0 Å². The molecule has 0 fully saturated rings. The summed E-state index contributed by atoms with van der Waals surface area (Å²) in [4.78, 5) is 14.4. The van der Waals surface area contributed by atoms with Gasteiger partial charge in [0.25, 0.3) is 0 Å². The molecule has 0 radical (unpaired) electrons. The molecule has 0 aliphatic rings. The largest absolute Gasteiger partial charge is 0.466 e. The maximum absolute atomic E-state index is 11.9. The molecule has 0 rings (SSSR count). The average Bonchev–Trinajstić information content (AvgIpc) is 3.02. The third-order valence-corrected chi connectivity index (χ3v) is 8.99. The molecule has 0 bridgehead atoms. The molecule has 0 saturated carbocycles. The van der Waals surface area contributed by atoms with Gasteiger partial charge in [-0.1, -0.05) is 149 Å². The molecule has 0 heterocycles. The number of hydrogen-bond acceptors (Lipinski definition) is 5. The lowest BCUT2D eigenvalue weighted by Gasteiger charge is -2.21. The topological polar surface area (TPSA) is 59.0 Å². The Morgan fingerprint density at radius 3 is 1.55 bits per heavy atom. The van der Waals surface area contributed by atoms with Crippen molar-refractivity contribution < 1.29 is 19.4 Å². The van der Waals surface area contributed by atoms with E-state index in [0.717, 1.165) is 45.5 Å². The van der Waals surface area contributed by atoms with E-state index in [1.807, 2.05) is 0 Å². The van der Waals surface area contributed by atoms with Crippen molar-refractivity contribution in [3.05, 3.63) is 0 Å². The van der Waals surface area contributed by atoms with Crippen LogP contribution in [0.3, 0.4) is 0 Å². The van der Waals surface area contributed by atoms with E-state index in [9.17, 15) is 9.90 Å². The summed E-state index contributed by atoms with van der Waals surface area (Å²) in [5, 5.41) is 9.49. The van der Waals surface area contributed by atoms with Gasteiger partial charge < -0.3 is 19.5 Å². The molecule has 5 nitrogen and oxygen atoms in total. The minimum Gasteiger partial charge on any atom is -0.466 e. The maximum Gasteiger partial charge on any atom is 0.305 e. The molecule has 5 heteroatoms. The Morgan fingerprint density at radius 2 is 1.00 bits per heavy atom. The molecule has 0 aromatic rings. The van der Waals surface area contributed by atoms with Gasteiger partial charge in [0.1, 0.15) is 0 Å². The first-order valence-corrected chi connectivity index (χ1v) is 19.8. The summed E-state index contributed by atoms with van der Waals surface area (Å²) >= 11 is 0. The molecule has 1 N–H and O–H groups in total. The van der Waals surface area contributed by atoms with Crippen LogP contribution in [-0.2, 0) is 14.3 Å². The van der Waals surface area contributed by atoms with Gasteiger partial charge in [0.05, 0.1) is 19.3 Å². The zero-order valence-corrected chi connectivity index (χ0v) is 30.2. The Bertz CT molecular complexity index is 558. The SMILES string of the molecule is CCCCCCCCCOC(=O)CCCCCCCN(CCO)CCCCCCCCOC(CCC)CCCCCCCC. The fourth-order valence-electron chi connectivity index (χ4n) is 6.11. The molecule has 0 spiro atoms. The van der Waals surface area contributed by atoms with E-state index in [1.54, 1.807) is 0 Å². The molecule has 0 aromatic carbocycles. The Morgan fingerprint density at radius 1 is 0.523 bits per heavy atom. The van der Waals surface area contributed by atoms with E-state index in [0.29, 0.717) is 19.1 Å². The summed E-state index contributed by atoms with van der Waals surface area (Å²) in [7, 11) is 0. The molecule has 44 heavy (non-hydrogen) atoms. The molecular formula is C39H79NO4. The Hall–Kier alpha value is -0.650.